The first kappa shape index (κ1) is 29.9. The highest BCUT2D eigenvalue weighted by molar-refractivity contribution is 7.87. The monoisotopic (exact) mass is 563 g/mol. The number of aromatic nitrogens is 3. The number of ketones is 1. The van der Waals surface area contributed by atoms with Crippen LogP contribution in [0, 0.1) is 5.41 Å². The molecule has 3 rings (SSSR count). The molecule has 2 aromatic heterocycles. The van der Waals surface area contributed by atoms with Crippen LogP contribution in [-0.2, 0) is 21.6 Å². The summed E-state index contributed by atoms with van der Waals surface area (Å²) in [5.41, 5.74) is -0.418. The van der Waals surface area contributed by atoms with Gasteiger partial charge in [0, 0.05) is 31.9 Å². The summed E-state index contributed by atoms with van der Waals surface area (Å²) >= 11 is 0. The van der Waals surface area contributed by atoms with Gasteiger partial charge < -0.3 is 13.5 Å². The van der Waals surface area contributed by atoms with Crippen LogP contribution in [-0.4, -0.2) is 48.9 Å². The summed E-state index contributed by atoms with van der Waals surface area (Å²) in [7, 11) is -5.67. The number of alkyl halides is 1. The fourth-order valence-electron chi connectivity index (χ4n) is 3.67. The molecule has 0 aliphatic heterocycles. The van der Waals surface area contributed by atoms with E-state index in [0.29, 0.717) is 41.0 Å². The van der Waals surface area contributed by atoms with Crippen molar-refractivity contribution in [3.8, 4) is 17.0 Å². The van der Waals surface area contributed by atoms with Gasteiger partial charge in [0.25, 0.3) is 0 Å². The molecule has 0 saturated carbocycles. The number of ether oxygens (including phenoxy) is 1. The predicted octanol–water partition coefficient (Wildman–Crippen LogP) is 6.44. The highest BCUT2D eigenvalue weighted by Gasteiger charge is 2.29. The van der Waals surface area contributed by atoms with Gasteiger partial charge in [-0.3, -0.25) is 4.79 Å². The summed E-state index contributed by atoms with van der Waals surface area (Å²) in [6.07, 6.45) is 3.51. The number of rotatable bonds is 12. The van der Waals surface area contributed by atoms with Crippen LogP contribution in [0.3, 0.4) is 0 Å². The van der Waals surface area contributed by atoms with Gasteiger partial charge in [-0.1, -0.05) is 65.9 Å². The molecule has 1 aromatic carbocycles. The first-order chi connectivity index (χ1) is 17.6. The number of Topliss-reactive ketones (excluding diaryl/α,β-unsaturated/α-hetero) is 1. The van der Waals surface area contributed by atoms with E-state index in [-0.39, 0.29) is 24.7 Å². The third-order valence-corrected chi connectivity index (χ3v) is 8.88. The quantitative estimate of drug-likeness (QED) is 0.108. The minimum Gasteiger partial charge on any atom is -0.380 e. The SMILES string of the molecule is CCCC(F)S(=O)(=O)Oc1cccc(-c2cnc3c(n2)c(C(=O)C(C)(C)C)cn3COCC[Si](C)(C)C)c1. The van der Waals surface area contributed by atoms with E-state index >= 15 is 0 Å². The van der Waals surface area contributed by atoms with Crippen molar-refractivity contribution in [1.29, 1.82) is 0 Å². The van der Waals surface area contributed by atoms with Crippen LogP contribution in [0.4, 0.5) is 4.39 Å². The Hall–Kier alpha value is -2.63. The van der Waals surface area contributed by atoms with E-state index in [1.54, 1.807) is 36.0 Å². The molecule has 38 heavy (non-hydrogen) atoms. The predicted molar refractivity (Wildman–Crippen MR) is 150 cm³/mol. The third-order valence-electron chi connectivity index (χ3n) is 5.89. The van der Waals surface area contributed by atoms with Gasteiger partial charge in [0.1, 0.15) is 18.0 Å². The van der Waals surface area contributed by atoms with Gasteiger partial charge in [0.15, 0.2) is 11.4 Å². The standard InChI is InChI=1S/C27H38FN3O5SSi/c1-8-10-23(28)37(33,34)36-20-12-9-11-19(15-20)22-16-29-26-24(30-22)21(25(32)27(2,3)4)17-31(26)18-35-13-14-38(5,6)7/h9,11-12,15-17,23H,8,10,13-14,18H2,1-7H3. The Labute approximate surface area is 225 Å². The van der Waals surface area contributed by atoms with Crippen LogP contribution in [0.2, 0.25) is 25.7 Å². The first-order valence-electron chi connectivity index (χ1n) is 12.8. The topological polar surface area (TPSA) is 100 Å². The molecule has 0 aliphatic rings. The fourth-order valence-corrected chi connectivity index (χ4v) is 5.42. The molecule has 0 saturated heterocycles. The summed E-state index contributed by atoms with van der Waals surface area (Å²) < 4.78 is 51.2. The van der Waals surface area contributed by atoms with Gasteiger partial charge in [-0.25, -0.2) is 14.4 Å². The molecule has 0 aliphatic carbocycles. The molecule has 0 radical (unpaired) electrons. The van der Waals surface area contributed by atoms with Crippen LogP contribution < -0.4 is 4.18 Å². The normalized spacial score (nSPS) is 13.6. The minimum atomic E-state index is -4.42. The Balaban J connectivity index is 1.97. The zero-order valence-electron chi connectivity index (χ0n) is 23.2. The zero-order valence-corrected chi connectivity index (χ0v) is 25.1. The van der Waals surface area contributed by atoms with Crippen LogP contribution in [0.25, 0.3) is 22.4 Å². The van der Waals surface area contributed by atoms with Crippen molar-refractivity contribution in [2.45, 2.75) is 78.5 Å². The molecule has 0 bridgehead atoms. The molecule has 2 heterocycles. The number of halogens is 1. The average Bonchev–Trinajstić information content (AvgIpc) is 3.18. The van der Waals surface area contributed by atoms with E-state index in [9.17, 15) is 17.6 Å². The molecule has 1 atom stereocenters. The van der Waals surface area contributed by atoms with E-state index in [1.807, 2.05) is 20.8 Å². The fraction of sp³-hybridized carbons (Fsp3) is 0.519. The molecule has 1 unspecified atom stereocenters. The summed E-state index contributed by atoms with van der Waals surface area (Å²) in [5.74, 6) is -0.106. The minimum absolute atomic E-state index is 0.0255. The molecule has 11 heteroatoms. The van der Waals surface area contributed by atoms with Gasteiger partial charge >= 0.3 is 10.1 Å². The Morgan fingerprint density at radius 3 is 2.55 bits per heavy atom. The van der Waals surface area contributed by atoms with E-state index in [0.717, 1.165) is 6.04 Å². The number of hydrogen-bond acceptors (Lipinski definition) is 7. The second-order valence-corrected chi connectivity index (χ2v) is 19.0. The average molecular weight is 564 g/mol. The Morgan fingerprint density at radius 2 is 1.92 bits per heavy atom. The molecule has 8 nitrogen and oxygen atoms in total. The second-order valence-electron chi connectivity index (χ2n) is 11.7. The molecule has 208 valence electrons. The number of nitrogens with zero attached hydrogens (tertiary/aromatic N) is 3. The first-order valence-corrected chi connectivity index (χ1v) is 18.0. The van der Waals surface area contributed by atoms with Gasteiger partial charge in [0.2, 0.25) is 5.50 Å². The summed E-state index contributed by atoms with van der Waals surface area (Å²) in [6, 6.07) is 7.24. The molecule has 0 fully saturated rings. The van der Waals surface area contributed by atoms with Crippen LogP contribution in [0.1, 0.15) is 50.9 Å². The van der Waals surface area contributed by atoms with Crippen LogP contribution in [0.5, 0.6) is 5.75 Å². The zero-order chi connectivity index (χ0) is 28.3. The summed E-state index contributed by atoms with van der Waals surface area (Å²) in [4.78, 5) is 22.6. The lowest BCUT2D eigenvalue weighted by molar-refractivity contribution is 0.0849. The molecule has 0 N–H and O–H groups in total. The van der Waals surface area contributed by atoms with E-state index in [2.05, 4.69) is 24.6 Å². The maximum absolute atomic E-state index is 14.1. The maximum Gasteiger partial charge on any atom is 0.341 e. The van der Waals surface area contributed by atoms with Crippen molar-refractivity contribution in [2.24, 2.45) is 5.41 Å². The van der Waals surface area contributed by atoms with Crippen molar-refractivity contribution in [2.75, 3.05) is 6.61 Å². The van der Waals surface area contributed by atoms with Crippen LogP contribution in [0.15, 0.2) is 36.7 Å². The van der Waals surface area contributed by atoms with E-state index < -0.39 is 29.1 Å². The number of fused-ring (bicyclic) bond motifs is 1. The number of benzene rings is 1. The Kier molecular flexibility index (Phi) is 9.15. The van der Waals surface area contributed by atoms with Gasteiger partial charge in [-0.15, -0.1) is 0 Å². The molecule has 0 amide bonds. The molecular weight excluding hydrogens is 525 g/mol. The lowest BCUT2D eigenvalue weighted by Gasteiger charge is -2.16. The van der Waals surface area contributed by atoms with E-state index in [1.165, 1.54) is 12.1 Å². The Morgan fingerprint density at radius 1 is 1.21 bits per heavy atom. The van der Waals surface area contributed by atoms with Crippen molar-refractivity contribution >= 4 is 35.1 Å². The highest BCUT2D eigenvalue weighted by Crippen LogP contribution is 2.30. The summed E-state index contributed by atoms with van der Waals surface area (Å²) in [6.45, 7) is 15.0. The van der Waals surface area contributed by atoms with Crippen molar-refractivity contribution in [3.63, 3.8) is 0 Å². The van der Waals surface area contributed by atoms with E-state index in [4.69, 9.17) is 13.9 Å². The second kappa shape index (κ2) is 11.6. The number of carbonyl (C=O) groups is 1. The maximum atomic E-state index is 14.1. The Bertz CT molecular complexity index is 1390. The molecule has 3 aromatic rings. The lowest BCUT2D eigenvalue weighted by Crippen LogP contribution is -2.22. The highest BCUT2D eigenvalue weighted by atomic mass is 32.2. The van der Waals surface area contributed by atoms with Gasteiger partial charge in [0.05, 0.1) is 17.5 Å². The number of hydrogen-bond donors (Lipinski definition) is 0. The summed E-state index contributed by atoms with van der Waals surface area (Å²) in [5, 5.41) is 0. The van der Waals surface area contributed by atoms with Crippen molar-refractivity contribution < 1.29 is 26.5 Å². The lowest BCUT2D eigenvalue weighted by atomic mass is 9.87. The number of carbonyl (C=O) groups excluding carboxylic acids is 1. The van der Waals surface area contributed by atoms with Gasteiger partial charge in [-0.05, 0) is 24.6 Å². The largest absolute Gasteiger partial charge is 0.380 e. The van der Waals surface area contributed by atoms with Gasteiger partial charge in [-0.2, -0.15) is 8.42 Å². The van der Waals surface area contributed by atoms with Crippen molar-refractivity contribution in [3.05, 3.63) is 42.2 Å². The molecular formula is C27H38FN3O5SSi. The smallest absolute Gasteiger partial charge is 0.341 e. The third kappa shape index (κ3) is 7.48. The van der Waals surface area contributed by atoms with Crippen LogP contribution >= 0.6 is 0 Å². The molecule has 0 spiro atoms. The van der Waals surface area contributed by atoms with Crippen molar-refractivity contribution in [1.82, 2.24) is 14.5 Å².